The van der Waals surface area contributed by atoms with Gasteiger partial charge in [-0.15, -0.1) is 0 Å². The summed E-state index contributed by atoms with van der Waals surface area (Å²) in [5.74, 6) is -0.261. The zero-order chi connectivity index (χ0) is 33.6. The Morgan fingerprint density at radius 2 is 1.98 bits per heavy atom. The number of hydrogen-bond acceptors (Lipinski definition) is 10. The van der Waals surface area contributed by atoms with Crippen LogP contribution in [0.3, 0.4) is 0 Å². The summed E-state index contributed by atoms with van der Waals surface area (Å²) in [5, 5.41) is 25.4. The minimum absolute atomic E-state index is 0.00931. The fourth-order valence-electron chi connectivity index (χ4n) is 5.95. The molecule has 2 aliphatic rings. The van der Waals surface area contributed by atoms with Crippen molar-refractivity contribution in [3.8, 4) is 5.88 Å². The van der Waals surface area contributed by atoms with E-state index in [9.17, 15) is 23.4 Å². The van der Waals surface area contributed by atoms with E-state index in [-0.39, 0.29) is 55.0 Å². The number of rotatable bonds is 15. The summed E-state index contributed by atoms with van der Waals surface area (Å²) in [4.78, 5) is 20.2. The Morgan fingerprint density at radius 3 is 2.72 bits per heavy atom. The highest BCUT2D eigenvalue weighted by molar-refractivity contribution is 7.89. The van der Waals surface area contributed by atoms with E-state index in [1.807, 2.05) is 44.2 Å². The van der Waals surface area contributed by atoms with E-state index in [2.05, 4.69) is 15.3 Å². The van der Waals surface area contributed by atoms with Crippen molar-refractivity contribution in [3.63, 3.8) is 0 Å². The Labute approximate surface area is 274 Å². The lowest BCUT2D eigenvalue weighted by molar-refractivity contribution is -0.0907. The molecule has 0 spiro atoms. The lowest BCUT2D eigenvalue weighted by Crippen LogP contribution is -2.51. The Morgan fingerprint density at radius 1 is 1.19 bits per heavy atom. The van der Waals surface area contributed by atoms with Crippen molar-refractivity contribution in [2.45, 2.75) is 56.1 Å². The highest BCUT2D eigenvalue weighted by Crippen LogP contribution is 2.33. The third kappa shape index (κ3) is 8.50. The number of carbonyl (C=O) groups excluding carboxylic acids is 1. The largest absolute Gasteiger partial charge is 0.494 e. The van der Waals surface area contributed by atoms with Gasteiger partial charge in [0, 0.05) is 37.3 Å². The second kappa shape index (κ2) is 15.6. The quantitative estimate of drug-likeness (QED) is 0.140. The van der Waals surface area contributed by atoms with Crippen LogP contribution in [0.25, 0.3) is 10.9 Å². The summed E-state index contributed by atoms with van der Waals surface area (Å²) in [6.45, 7) is 5.13. The number of nitrogens with one attached hydrogen (secondary N) is 2. The van der Waals surface area contributed by atoms with Crippen LogP contribution in [0.15, 0.2) is 58.4 Å². The summed E-state index contributed by atoms with van der Waals surface area (Å²) >= 11 is 0. The number of aromatic nitrogens is 1. The Balaban J connectivity index is 1.37. The molecular formula is C33H44N4O9S. The van der Waals surface area contributed by atoms with Crippen LogP contribution in [0.5, 0.6) is 5.88 Å². The molecule has 0 radical (unpaired) electrons. The molecule has 3 heterocycles. The van der Waals surface area contributed by atoms with Crippen molar-refractivity contribution in [1.29, 1.82) is 0 Å². The number of carbonyl (C=O) groups is 1. The number of sulfonamides is 1. The normalized spacial score (nSPS) is 21.1. The number of benzene rings is 2. The van der Waals surface area contributed by atoms with Gasteiger partial charge in [0.2, 0.25) is 10.0 Å². The van der Waals surface area contributed by atoms with E-state index in [4.69, 9.17) is 18.9 Å². The van der Waals surface area contributed by atoms with E-state index in [0.29, 0.717) is 36.2 Å². The third-order valence-corrected chi connectivity index (χ3v) is 10.2. The van der Waals surface area contributed by atoms with Gasteiger partial charge < -0.3 is 39.5 Å². The molecule has 2 unspecified atom stereocenters. The zero-order valence-corrected chi connectivity index (χ0v) is 27.7. The maximum Gasteiger partial charge on any atom is 0.407 e. The summed E-state index contributed by atoms with van der Waals surface area (Å²) in [7, 11) is -2.58. The summed E-state index contributed by atoms with van der Waals surface area (Å²) in [6.07, 6.45) is -0.436. The predicted octanol–water partition coefficient (Wildman–Crippen LogP) is 3.05. The van der Waals surface area contributed by atoms with Gasteiger partial charge in [0.1, 0.15) is 6.10 Å². The monoisotopic (exact) mass is 672 g/mol. The highest BCUT2D eigenvalue weighted by atomic mass is 32.2. The number of aliphatic hydroxyl groups excluding tert-OH is 1. The topological polar surface area (TPSA) is 172 Å². The summed E-state index contributed by atoms with van der Waals surface area (Å²) in [5.41, 5.74) is 1.75. The van der Waals surface area contributed by atoms with Crippen molar-refractivity contribution in [3.05, 3.63) is 59.7 Å². The molecule has 0 saturated carbocycles. The molecule has 47 heavy (non-hydrogen) atoms. The number of H-pyrrole nitrogens is 1. The number of nitrogens with zero attached hydrogens (tertiary/aromatic N) is 2. The number of fused-ring (bicyclic) bond motifs is 2. The van der Waals surface area contributed by atoms with E-state index in [0.717, 1.165) is 12.0 Å². The number of aromatic amines is 1. The number of methoxy groups -OCH3 is 1. The predicted molar refractivity (Wildman–Crippen MR) is 175 cm³/mol. The lowest BCUT2D eigenvalue weighted by Gasteiger charge is -2.31. The number of ether oxygens (including phenoxy) is 4. The molecule has 5 rings (SSSR count). The molecule has 2 saturated heterocycles. The second-order valence-corrected chi connectivity index (χ2v) is 14.3. The lowest BCUT2D eigenvalue weighted by atomic mass is 10.0. The van der Waals surface area contributed by atoms with Gasteiger partial charge in [0.25, 0.3) is 0 Å². The third-order valence-electron chi connectivity index (χ3n) is 8.34. The van der Waals surface area contributed by atoms with Gasteiger partial charge in [-0.3, -0.25) is 4.99 Å². The van der Waals surface area contributed by atoms with Crippen molar-refractivity contribution in [1.82, 2.24) is 14.6 Å². The maximum atomic E-state index is 14.2. The van der Waals surface area contributed by atoms with Gasteiger partial charge in [-0.2, -0.15) is 4.31 Å². The number of aromatic hydroxyl groups is 1. The average molecular weight is 673 g/mol. The van der Waals surface area contributed by atoms with Crippen molar-refractivity contribution < 1.29 is 42.4 Å². The van der Waals surface area contributed by atoms with Gasteiger partial charge >= 0.3 is 6.09 Å². The first-order valence-corrected chi connectivity index (χ1v) is 17.3. The van der Waals surface area contributed by atoms with Gasteiger partial charge in [0.15, 0.2) is 12.2 Å². The van der Waals surface area contributed by atoms with E-state index < -0.39 is 34.4 Å². The van der Waals surface area contributed by atoms with E-state index in [1.54, 1.807) is 13.2 Å². The average Bonchev–Trinajstić information content (AvgIpc) is 3.74. The smallest absolute Gasteiger partial charge is 0.407 e. The fraction of sp³-hybridized carbons (Fsp3) is 0.515. The van der Waals surface area contributed by atoms with Gasteiger partial charge in [-0.1, -0.05) is 44.2 Å². The SMILES string of the molecule is COCCN=Cc1c(O)[nH]c2ccc(S(=O)(=O)N(CC(C)C)C[C@@H](O)[C@H](Cc3ccccc3)NC(=O)O[C@H]3COC4OCCC43)cc12. The Bertz CT molecular complexity index is 1630. The van der Waals surface area contributed by atoms with Crippen LogP contribution in [0.2, 0.25) is 0 Å². The van der Waals surface area contributed by atoms with E-state index in [1.165, 1.54) is 22.7 Å². The summed E-state index contributed by atoms with van der Waals surface area (Å²) < 4.78 is 51.4. The first-order valence-electron chi connectivity index (χ1n) is 15.8. The van der Waals surface area contributed by atoms with Crippen LogP contribution in [0.4, 0.5) is 4.79 Å². The van der Waals surface area contributed by atoms with Crippen LogP contribution >= 0.6 is 0 Å². The maximum absolute atomic E-state index is 14.2. The van der Waals surface area contributed by atoms with Gasteiger partial charge in [-0.25, -0.2) is 13.2 Å². The number of aliphatic imine (C=N–C) groups is 1. The van der Waals surface area contributed by atoms with Crippen LogP contribution < -0.4 is 5.32 Å². The molecule has 2 aromatic carbocycles. The minimum atomic E-state index is -4.14. The molecule has 0 aliphatic carbocycles. The number of amides is 1. The van der Waals surface area contributed by atoms with Crippen LogP contribution in [0.1, 0.15) is 31.4 Å². The molecule has 2 aliphatic heterocycles. The fourth-order valence-corrected chi connectivity index (χ4v) is 7.60. The van der Waals surface area contributed by atoms with Gasteiger partial charge in [0.05, 0.1) is 54.9 Å². The number of hydrogen-bond donors (Lipinski definition) is 4. The first-order chi connectivity index (χ1) is 22.6. The molecule has 1 amide bonds. The number of aliphatic hydroxyl groups is 1. The minimum Gasteiger partial charge on any atom is -0.494 e. The zero-order valence-electron chi connectivity index (χ0n) is 26.9. The number of alkyl carbamates (subject to hydrolysis) is 1. The van der Waals surface area contributed by atoms with Crippen LogP contribution in [-0.2, 0) is 35.4 Å². The van der Waals surface area contributed by atoms with Crippen LogP contribution in [-0.4, -0.2) is 111 Å². The molecule has 3 aromatic rings. The molecule has 256 valence electrons. The van der Waals surface area contributed by atoms with Crippen molar-refractivity contribution in [2.75, 3.05) is 46.6 Å². The molecule has 14 heteroatoms. The van der Waals surface area contributed by atoms with Crippen molar-refractivity contribution in [2.24, 2.45) is 16.8 Å². The molecule has 4 N–H and O–H groups in total. The standard InChI is InChI=1S/C33H44N4O9S/c1-21(2)18-37(47(41,42)23-9-10-27-25(16-23)26(31(39)35-27)17-34-12-14-43-3)19-29(38)28(15-22-7-5-4-6-8-22)36-33(40)46-30-20-45-32-24(30)11-13-44-32/h4-10,16-17,21,24,28-30,32,35,38-39H,11-15,18-20H2,1-3H3,(H,36,40)/t24?,28-,29+,30-,32?/m0/s1. The molecular weight excluding hydrogens is 628 g/mol. The molecule has 0 bridgehead atoms. The molecule has 1 aromatic heterocycles. The molecule has 13 nitrogen and oxygen atoms in total. The molecule has 2 fully saturated rings. The van der Waals surface area contributed by atoms with E-state index >= 15 is 0 Å². The molecule has 5 atom stereocenters. The van der Waals surface area contributed by atoms with Gasteiger partial charge in [-0.05, 0) is 42.5 Å². The van der Waals surface area contributed by atoms with Crippen molar-refractivity contribution >= 4 is 33.2 Å². The summed E-state index contributed by atoms with van der Waals surface area (Å²) in [6, 6.07) is 13.0. The Kier molecular flexibility index (Phi) is 11.5. The van der Waals surface area contributed by atoms with Crippen LogP contribution in [0, 0.1) is 11.8 Å². The first kappa shape index (κ1) is 34.8. The Hall–Kier alpha value is -3.53. The second-order valence-electron chi connectivity index (χ2n) is 12.3. The highest BCUT2D eigenvalue weighted by Gasteiger charge is 2.44.